The normalized spacial score (nSPS) is 12.4. The van der Waals surface area contributed by atoms with Crippen LogP contribution in [0.1, 0.15) is 69.6 Å². The van der Waals surface area contributed by atoms with E-state index in [0.717, 1.165) is 22.3 Å². The molecular formula is C23H28N4O3S. The molecule has 1 aromatic heterocycles. The number of thioether (sulfide) groups is 1. The van der Waals surface area contributed by atoms with E-state index in [0.29, 0.717) is 11.7 Å². The van der Waals surface area contributed by atoms with E-state index in [1.54, 1.807) is 23.9 Å². The maximum Gasteiger partial charge on any atom is 0.269 e. The Morgan fingerprint density at radius 2 is 1.65 bits per heavy atom. The lowest BCUT2D eigenvalue weighted by Crippen LogP contribution is -2.14. The average Bonchev–Trinajstić information content (AvgIpc) is 3.17. The third kappa shape index (κ3) is 5.64. The molecule has 0 amide bonds. The van der Waals surface area contributed by atoms with Gasteiger partial charge in [-0.1, -0.05) is 49.9 Å². The molecule has 31 heavy (non-hydrogen) atoms. The van der Waals surface area contributed by atoms with Crippen molar-refractivity contribution in [3.8, 4) is 5.75 Å². The summed E-state index contributed by atoms with van der Waals surface area (Å²) in [5, 5.41) is 20.4. The quantitative estimate of drug-likeness (QED) is 0.220. The van der Waals surface area contributed by atoms with Crippen molar-refractivity contribution >= 4 is 17.4 Å². The first-order valence-corrected chi connectivity index (χ1v) is 11.3. The average molecular weight is 441 g/mol. The van der Waals surface area contributed by atoms with Crippen LogP contribution in [0.4, 0.5) is 5.69 Å². The number of non-ortho nitro benzene ring substituents is 1. The highest BCUT2D eigenvalue weighted by Crippen LogP contribution is 2.30. The maximum absolute atomic E-state index is 10.8. The van der Waals surface area contributed by atoms with Crippen LogP contribution in [0.15, 0.2) is 53.7 Å². The summed E-state index contributed by atoms with van der Waals surface area (Å²) < 4.78 is 8.23. The van der Waals surface area contributed by atoms with E-state index in [1.807, 2.05) is 19.1 Å². The Balaban J connectivity index is 1.72. The van der Waals surface area contributed by atoms with Crippen LogP contribution in [0.3, 0.4) is 0 Å². The van der Waals surface area contributed by atoms with Crippen molar-refractivity contribution in [3.05, 3.63) is 75.6 Å². The fourth-order valence-corrected chi connectivity index (χ4v) is 4.23. The number of nitro groups is 1. The van der Waals surface area contributed by atoms with Crippen LogP contribution in [0, 0.1) is 10.1 Å². The standard InChI is InChI=1S/C23H28N4O3S/c1-15(2)19-8-12-21(13-9-19)30-17(5)22-24-25-23(26(22)16(3)4)31-14-18-6-10-20(11-7-18)27(28)29/h6-13,15-17H,14H2,1-5H3. The fraction of sp³-hybridized carbons (Fsp3) is 0.391. The van der Waals surface area contributed by atoms with Gasteiger partial charge in [-0.3, -0.25) is 10.1 Å². The second-order valence-electron chi connectivity index (χ2n) is 8.00. The van der Waals surface area contributed by atoms with Gasteiger partial charge in [0, 0.05) is 23.9 Å². The summed E-state index contributed by atoms with van der Waals surface area (Å²) in [4.78, 5) is 10.4. The Bertz CT molecular complexity index is 1010. The summed E-state index contributed by atoms with van der Waals surface area (Å²) in [5.41, 5.74) is 2.36. The molecule has 0 spiro atoms. The van der Waals surface area contributed by atoms with Gasteiger partial charge in [0.15, 0.2) is 17.1 Å². The number of hydrogen-bond acceptors (Lipinski definition) is 6. The summed E-state index contributed by atoms with van der Waals surface area (Å²) in [5.74, 6) is 2.70. The molecule has 7 nitrogen and oxygen atoms in total. The molecule has 1 heterocycles. The summed E-state index contributed by atoms with van der Waals surface area (Å²) in [6, 6.07) is 14.9. The molecule has 0 saturated heterocycles. The smallest absolute Gasteiger partial charge is 0.269 e. The predicted octanol–water partition coefficient (Wildman–Crippen LogP) is 6.32. The first-order valence-electron chi connectivity index (χ1n) is 10.3. The van der Waals surface area contributed by atoms with E-state index in [4.69, 9.17) is 4.74 Å². The number of ether oxygens (including phenoxy) is 1. The van der Waals surface area contributed by atoms with Gasteiger partial charge in [0.05, 0.1) is 4.92 Å². The zero-order valence-electron chi connectivity index (χ0n) is 18.5. The summed E-state index contributed by atoms with van der Waals surface area (Å²) in [6.45, 7) is 10.5. The molecule has 0 N–H and O–H groups in total. The molecule has 3 rings (SSSR count). The van der Waals surface area contributed by atoms with Crippen molar-refractivity contribution in [3.63, 3.8) is 0 Å². The van der Waals surface area contributed by atoms with Gasteiger partial charge < -0.3 is 9.30 Å². The highest BCUT2D eigenvalue weighted by atomic mass is 32.2. The topological polar surface area (TPSA) is 83.1 Å². The number of hydrogen-bond donors (Lipinski definition) is 0. The van der Waals surface area contributed by atoms with Gasteiger partial charge in [0.25, 0.3) is 5.69 Å². The summed E-state index contributed by atoms with van der Waals surface area (Å²) in [7, 11) is 0. The first kappa shape index (κ1) is 22.8. The van der Waals surface area contributed by atoms with Crippen molar-refractivity contribution in [2.45, 2.75) is 63.6 Å². The second kappa shape index (κ2) is 9.96. The molecule has 0 fully saturated rings. The molecule has 0 radical (unpaired) electrons. The van der Waals surface area contributed by atoms with Crippen molar-refractivity contribution in [2.75, 3.05) is 0 Å². The van der Waals surface area contributed by atoms with E-state index < -0.39 is 4.92 Å². The molecule has 1 atom stereocenters. The number of nitro benzene ring substituents is 1. The van der Waals surface area contributed by atoms with E-state index in [-0.39, 0.29) is 17.8 Å². The molecule has 0 aliphatic heterocycles. The predicted molar refractivity (Wildman–Crippen MR) is 123 cm³/mol. The monoisotopic (exact) mass is 440 g/mol. The molecule has 3 aromatic rings. The van der Waals surface area contributed by atoms with Gasteiger partial charge in [-0.15, -0.1) is 10.2 Å². The fourth-order valence-electron chi connectivity index (χ4n) is 3.20. The maximum atomic E-state index is 10.8. The molecule has 0 aliphatic carbocycles. The van der Waals surface area contributed by atoms with Crippen LogP contribution in [-0.4, -0.2) is 19.7 Å². The molecule has 8 heteroatoms. The van der Waals surface area contributed by atoms with Crippen molar-refractivity contribution < 1.29 is 9.66 Å². The Morgan fingerprint density at radius 1 is 1.00 bits per heavy atom. The van der Waals surface area contributed by atoms with Crippen molar-refractivity contribution in [2.24, 2.45) is 0 Å². The lowest BCUT2D eigenvalue weighted by atomic mass is 10.0. The van der Waals surface area contributed by atoms with Gasteiger partial charge in [-0.25, -0.2) is 0 Å². The molecule has 0 aliphatic rings. The van der Waals surface area contributed by atoms with Gasteiger partial charge in [0.2, 0.25) is 0 Å². The van der Waals surface area contributed by atoms with Crippen LogP contribution < -0.4 is 4.74 Å². The third-order valence-electron chi connectivity index (χ3n) is 4.95. The van der Waals surface area contributed by atoms with Crippen LogP contribution in [0.25, 0.3) is 0 Å². The van der Waals surface area contributed by atoms with Gasteiger partial charge in [-0.05, 0) is 49.9 Å². The van der Waals surface area contributed by atoms with Crippen LogP contribution in [-0.2, 0) is 5.75 Å². The van der Waals surface area contributed by atoms with Crippen molar-refractivity contribution in [1.82, 2.24) is 14.8 Å². The molecule has 0 saturated carbocycles. The summed E-state index contributed by atoms with van der Waals surface area (Å²) >= 11 is 1.56. The first-order chi connectivity index (χ1) is 14.8. The summed E-state index contributed by atoms with van der Waals surface area (Å²) in [6.07, 6.45) is -0.256. The third-order valence-corrected chi connectivity index (χ3v) is 5.96. The van der Waals surface area contributed by atoms with E-state index in [2.05, 4.69) is 54.6 Å². The highest BCUT2D eigenvalue weighted by molar-refractivity contribution is 7.98. The molecule has 164 valence electrons. The second-order valence-corrected chi connectivity index (χ2v) is 8.94. The largest absolute Gasteiger partial charge is 0.483 e. The minimum Gasteiger partial charge on any atom is -0.483 e. The zero-order valence-corrected chi connectivity index (χ0v) is 19.3. The zero-order chi connectivity index (χ0) is 22.5. The van der Waals surface area contributed by atoms with Crippen LogP contribution in [0.2, 0.25) is 0 Å². The molecule has 0 bridgehead atoms. The molecule has 2 aromatic carbocycles. The highest BCUT2D eigenvalue weighted by Gasteiger charge is 2.21. The molecular weight excluding hydrogens is 412 g/mol. The Labute approximate surface area is 187 Å². The van der Waals surface area contributed by atoms with Gasteiger partial charge in [-0.2, -0.15) is 0 Å². The van der Waals surface area contributed by atoms with Crippen LogP contribution >= 0.6 is 11.8 Å². The number of nitrogens with zero attached hydrogens (tertiary/aromatic N) is 4. The SMILES string of the molecule is CC(C)c1ccc(OC(C)c2nnc(SCc3ccc([N+](=O)[O-])cc3)n2C(C)C)cc1. The number of benzene rings is 2. The number of aromatic nitrogens is 3. The lowest BCUT2D eigenvalue weighted by molar-refractivity contribution is -0.384. The Hall–Kier alpha value is -2.87. The lowest BCUT2D eigenvalue weighted by Gasteiger charge is -2.19. The Kier molecular flexibility index (Phi) is 7.33. The Morgan fingerprint density at radius 3 is 2.19 bits per heavy atom. The van der Waals surface area contributed by atoms with E-state index >= 15 is 0 Å². The number of rotatable bonds is 9. The van der Waals surface area contributed by atoms with Gasteiger partial charge >= 0.3 is 0 Å². The minimum atomic E-state index is -0.393. The van der Waals surface area contributed by atoms with Crippen LogP contribution in [0.5, 0.6) is 5.75 Å². The van der Waals surface area contributed by atoms with Gasteiger partial charge in [0.1, 0.15) is 5.75 Å². The van der Waals surface area contributed by atoms with E-state index in [9.17, 15) is 10.1 Å². The van der Waals surface area contributed by atoms with E-state index in [1.165, 1.54) is 17.7 Å². The molecule has 1 unspecified atom stereocenters. The minimum absolute atomic E-state index is 0.0915. The van der Waals surface area contributed by atoms with Crippen molar-refractivity contribution in [1.29, 1.82) is 0 Å².